The number of aryl methyl sites for hydroxylation is 1. The largest absolute Gasteiger partial charge is 0.312 e. The van der Waals surface area contributed by atoms with E-state index in [0.717, 1.165) is 25.3 Å². The van der Waals surface area contributed by atoms with Crippen LogP contribution in [0.3, 0.4) is 0 Å². The van der Waals surface area contributed by atoms with Gasteiger partial charge >= 0.3 is 0 Å². The van der Waals surface area contributed by atoms with Gasteiger partial charge in [0.05, 0.1) is 12.2 Å². The molecule has 2 aliphatic rings. The van der Waals surface area contributed by atoms with Crippen molar-refractivity contribution in [2.45, 2.75) is 57.7 Å². The van der Waals surface area contributed by atoms with E-state index in [0.29, 0.717) is 18.6 Å². The number of aromatic nitrogens is 2. The summed E-state index contributed by atoms with van der Waals surface area (Å²) in [7, 11) is 0. The van der Waals surface area contributed by atoms with Crippen molar-refractivity contribution in [3.63, 3.8) is 0 Å². The van der Waals surface area contributed by atoms with Crippen LogP contribution >= 0.6 is 11.8 Å². The fourth-order valence-corrected chi connectivity index (χ4v) is 4.83. The van der Waals surface area contributed by atoms with Crippen molar-refractivity contribution < 1.29 is 0 Å². The quantitative estimate of drug-likeness (QED) is 0.849. The van der Waals surface area contributed by atoms with Gasteiger partial charge in [-0.3, -0.25) is 9.69 Å². The van der Waals surface area contributed by atoms with Crippen LogP contribution in [-0.2, 0) is 6.54 Å². The summed E-state index contributed by atoms with van der Waals surface area (Å²) in [5.74, 6) is 2.60. The van der Waals surface area contributed by atoms with Gasteiger partial charge in [0.1, 0.15) is 0 Å². The van der Waals surface area contributed by atoms with Crippen molar-refractivity contribution >= 4 is 11.8 Å². The van der Waals surface area contributed by atoms with Crippen molar-refractivity contribution in [3.05, 3.63) is 28.2 Å². The highest BCUT2D eigenvalue weighted by atomic mass is 32.2. The molecule has 1 aromatic heterocycles. The van der Waals surface area contributed by atoms with Gasteiger partial charge in [-0.2, -0.15) is 16.9 Å². The summed E-state index contributed by atoms with van der Waals surface area (Å²) in [6.07, 6.45) is 6.48. The minimum atomic E-state index is 0.00647. The number of rotatable bonds is 6. The highest BCUT2D eigenvalue weighted by molar-refractivity contribution is 7.99. The molecule has 0 amide bonds. The van der Waals surface area contributed by atoms with Crippen LogP contribution in [0, 0.1) is 6.92 Å². The van der Waals surface area contributed by atoms with Crippen LogP contribution < -0.4 is 10.9 Å². The molecule has 2 saturated heterocycles. The molecule has 3 rings (SSSR count). The fraction of sp³-hybridized carbons (Fsp3) is 0.778. The molecule has 5 nitrogen and oxygen atoms in total. The topological polar surface area (TPSA) is 50.2 Å². The van der Waals surface area contributed by atoms with Crippen LogP contribution in [0.5, 0.6) is 0 Å². The molecule has 2 fully saturated rings. The van der Waals surface area contributed by atoms with E-state index in [1.165, 1.54) is 43.6 Å². The Bertz CT molecular complexity index is 570. The minimum Gasteiger partial charge on any atom is -0.312 e. The first-order chi connectivity index (χ1) is 11.7. The number of nitrogens with one attached hydrogen (secondary N) is 1. The summed E-state index contributed by atoms with van der Waals surface area (Å²) < 4.78 is 1.62. The maximum absolute atomic E-state index is 11.9. The molecular formula is C18H30N4OS. The van der Waals surface area contributed by atoms with Gasteiger partial charge in [-0.05, 0) is 56.7 Å². The Morgan fingerprint density at radius 3 is 2.88 bits per heavy atom. The first kappa shape index (κ1) is 18.0. The van der Waals surface area contributed by atoms with Crippen LogP contribution in [-0.4, -0.2) is 57.9 Å². The Labute approximate surface area is 149 Å². The van der Waals surface area contributed by atoms with E-state index in [-0.39, 0.29) is 5.56 Å². The molecule has 0 aromatic carbocycles. The second-order valence-corrected chi connectivity index (χ2v) is 8.24. The zero-order valence-corrected chi connectivity index (χ0v) is 15.6. The average Bonchev–Trinajstić information content (AvgIpc) is 2.62. The number of nitrogens with zero attached hydrogens (tertiary/aromatic N) is 3. The van der Waals surface area contributed by atoms with Crippen molar-refractivity contribution in [2.75, 3.05) is 31.1 Å². The Morgan fingerprint density at radius 2 is 2.04 bits per heavy atom. The zero-order valence-electron chi connectivity index (χ0n) is 14.7. The fourth-order valence-electron chi connectivity index (χ4n) is 3.72. The highest BCUT2D eigenvalue weighted by Crippen LogP contribution is 2.19. The van der Waals surface area contributed by atoms with E-state index in [1.807, 2.05) is 6.92 Å². The van der Waals surface area contributed by atoms with Gasteiger partial charge in [0.25, 0.3) is 5.56 Å². The maximum Gasteiger partial charge on any atom is 0.266 e. The Hall–Kier alpha value is -0.850. The molecule has 134 valence electrons. The lowest BCUT2D eigenvalue weighted by molar-refractivity contribution is 0.134. The van der Waals surface area contributed by atoms with E-state index in [4.69, 9.17) is 0 Å². The summed E-state index contributed by atoms with van der Waals surface area (Å²) >= 11 is 2.08. The van der Waals surface area contributed by atoms with Crippen molar-refractivity contribution in [1.82, 2.24) is 20.0 Å². The molecule has 2 aliphatic heterocycles. The third kappa shape index (κ3) is 5.07. The molecule has 1 N–H and O–H groups in total. The molecule has 0 spiro atoms. The molecule has 6 heteroatoms. The third-order valence-corrected chi connectivity index (χ3v) is 6.26. The van der Waals surface area contributed by atoms with Crippen molar-refractivity contribution in [3.8, 4) is 0 Å². The third-order valence-electron chi connectivity index (χ3n) is 5.21. The molecule has 1 unspecified atom stereocenters. The van der Waals surface area contributed by atoms with E-state index >= 15 is 0 Å². The lowest BCUT2D eigenvalue weighted by Crippen LogP contribution is -2.49. The molecule has 0 saturated carbocycles. The summed E-state index contributed by atoms with van der Waals surface area (Å²) in [5.41, 5.74) is 0.911. The van der Waals surface area contributed by atoms with Crippen LogP contribution in [0.15, 0.2) is 16.9 Å². The number of hydrogen-bond donors (Lipinski definition) is 1. The summed E-state index contributed by atoms with van der Waals surface area (Å²) in [6, 6.07) is 4.72. The predicted octanol–water partition coefficient (Wildman–Crippen LogP) is 1.89. The first-order valence-corrected chi connectivity index (χ1v) is 10.5. The second kappa shape index (κ2) is 9.02. The Balaban J connectivity index is 1.52. The molecule has 0 bridgehead atoms. The Morgan fingerprint density at radius 1 is 1.21 bits per heavy atom. The van der Waals surface area contributed by atoms with Gasteiger partial charge < -0.3 is 5.32 Å². The maximum atomic E-state index is 11.9. The number of likely N-dealkylation sites (tertiary alicyclic amines) is 1. The van der Waals surface area contributed by atoms with Gasteiger partial charge in [-0.15, -0.1) is 0 Å². The lowest BCUT2D eigenvalue weighted by Gasteiger charge is -2.37. The van der Waals surface area contributed by atoms with Crippen LogP contribution in [0.4, 0.5) is 0 Å². The minimum absolute atomic E-state index is 0.00647. The molecule has 1 aromatic rings. The van der Waals surface area contributed by atoms with Crippen LogP contribution in [0.1, 0.15) is 37.8 Å². The van der Waals surface area contributed by atoms with Crippen LogP contribution in [0.25, 0.3) is 0 Å². The molecule has 24 heavy (non-hydrogen) atoms. The van der Waals surface area contributed by atoms with E-state index in [9.17, 15) is 4.79 Å². The predicted molar refractivity (Wildman–Crippen MR) is 101 cm³/mol. The lowest BCUT2D eigenvalue weighted by atomic mass is 10.0. The van der Waals surface area contributed by atoms with E-state index < -0.39 is 0 Å². The number of piperidine rings is 1. The molecule has 0 aliphatic carbocycles. The van der Waals surface area contributed by atoms with Gasteiger partial charge in [0, 0.05) is 31.2 Å². The van der Waals surface area contributed by atoms with E-state index in [1.54, 1.807) is 16.8 Å². The SMILES string of the molecule is Cc1ccc(=O)n(CCN2CCCCC2CNC2CCSCC2)n1. The van der Waals surface area contributed by atoms with Gasteiger partial charge in [0.2, 0.25) is 0 Å². The summed E-state index contributed by atoms with van der Waals surface area (Å²) in [6.45, 7) is 5.78. The monoisotopic (exact) mass is 350 g/mol. The molecule has 3 heterocycles. The van der Waals surface area contributed by atoms with Crippen molar-refractivity contribution in [1.29, 1.82) is 0 Å². The summed E-state index contributed by atoms with van der Waals surface area (Å²) in [5, 5.41) is 8.16. The van der Waals surface area contributed by atoms with Gasteiger partial charge in [0.15, 0.2) is 0 Å². The molecular weight excluding hydrogens is 320 g/mol. The summed E-state index contributed by atoms with van der Waals surface area (Å²) in [4.78, 5) is 14.5. The Kier molecular flexibility index (Phi) is 6.75. The van der Waals surface area contributed by atoms with Gasteiger partial charge in [-0.1, -0.05) is 6.42 Å². The molecule has 0 radical (unpaired) electrons. The highest BCUT2D eigenvalue weighted by Gasteiger charge is 2.23. The standard InChI is InChI=1S/C18H30N4OS/c1-15-5-6-18(23)22(20-15)11-10-21-9-3-2-4-17(21)14-19-16-7-12-24-13-8-16/h5-6,16-17,19H,2-4,7-14H2,1H3. The number of hydrogen-bond acceptors (Lipinski definition) is 5. The molecule has 1 atom stereocenters. The van der Waals surface area contributed by atoms with Crippen LogP contribution in [0.2, 0.25) is 0 Å². The number of thioether (sulfide) groups is 1. The van der Waals surface area contributed by atoms with Gasteiger partial charge in [-0.25, -0.2) is 4.68 Å². The first-order valence-electron chi connectivity index (χ1n) is 9.32. The van der Waals surface area contributed by atoms with E-state index in [2.05, 4.69) is 27.1 Å². The van der Waals surface area contributed by atoms with Crippen molar-refractivity contribution in [2.24, 2.45) is 0 Å². The average molecular weight is 351 g/mol. The second-order valence-electron chi connectivity index (χ2n) is 7.02. The normalized spacial score (nSPS) is 23.5. The smallest absolute Gasteiger partial charge is 0.266 e. The zero-order chi connectivity index (χ0) is 16.8.